The summed E-state index contributed by atoms with van der Waals surface area (Å²) in [7, 11) is 0. The van der Waals surface area contributed by atoms with E-state index in [1.807, 2.05) is 16.7 Å². The molecule has 22 heavy (non-hydrogen) atoms. The molecule has 2 aliphatic rings. The van der Waals surface area contributed by atoms with Gasteiger partial charge in [-0.3, -0.25) is 0 Å². The Balaban J connectivity index is 1.61. The van der Waals surface area contributed by atoms with E-state index < -0.39 is 0 Å². The SMILES string of the molecule is Cc1ccc(C2SCN(C(=O)NC3CCCCC3)C2C)cc1. The van der Waals surface area contributed by atoms with Crippen LogP contribution in [0.2, 0.25) is 0 Å². The van der Waals surface area contributed by atoms with Gasteiger partial charge in [-0.25, -0.2) is 4.79 Å². The Morgan fingerprint density at radius 3 is 2.55 bits per heavy atom. The van der Waals surface area contributed by atoms with Crippen molar-refractivity contribution in [1.82, 2.24) is 10.2 Å². The first kappa shape index (κ1) is 15.7. The number of amides is 2. The molecule has 2 fully saturated rings. The first-order valence-corrected chi connectivity index (χ1v) is 9.45. The van der Waals surface area contributed by atoms with Crippen molar-refractivity contribution in [2.24, 2.45) is 0 Å². The summed E-state index contributed by atoms with van der Waals surface area (Å²) in [6.07, 6.45) is 6.10. The Morgan fingerprint density at radius 2 is 1.86 bits per heavy atom. The summed E-state index contributed by atoms with van der Waals surface area (Å²) >= 11 is 1.87. The van der Waals surface area contributed by atoms with Crippen LogP contribution in [0.4, 0.5) is 4.79 Å². The van der Waals surface area contributed by atoms with Gasteiger partial charge in [0.05, 0.1) is 11.1 Å². The second-order valence-corrected chi connectivity index (χ2v) is 7.72. The minimum Gasteiger partial charge on any atom is -0.335 e. The molecule has 1 aliphatic carbocycles. The van der Waals surface area contributed by atoms with Gasteiger partial charge in [0.15, 0.2) is 0 Å². The molecule has 2 amide bonds. The maximum atomic E-state index is 12.6. The Morgan fingerprint density at radius 1 is 1.18 bits per heavy atom. The van der Waals surface area contributed by atoms with Gasteiger partial charge in [-0.1, -0.05) is 49.1 Å². The van der Waals surface area contributed by atoms with Crippen LogP contribution in [-0.4, -0.2) is 28.9 Å². The third kappa shape index (κ3) is 3.43. The van der Waals surface area contributed by atoms with Crippen LogP contribution in [0.25, 0.3) is 0 Å². The first-order chi connectivity index (χ1) is 10.6. The molecule has 4 heteroatoms. The summed E-state index contributed by atoms with van der Waals surface area (Å²) in [5.74, 6) is 0.790. The molecule has 0 radical (unpaired) electrons. The molecule has 1 saturated carbocycles. The van der Waals surface area contributed by atoms with Crippen molar-refractivity contribution in [2.75, 3.05) is 5.88 Å². The highest BCUT2D eigenvalue weighted by Crippen LogP contribution is 2.41. The van der Waals surface area contributed by atoms with Gasteiger partial charge < -0.3 is 10.2 Å². The van der Waals surface area contributed by atoms with E-state index >= 15 is 0 Å². The third-order valence-corrected chi connectivity index (χ3v) is 6.37. The number of nitrogens with zero attached hydrogens (tertiary/aromatic N) is 1. The Bertz CT molecular complexity index is 510. The average Bonchev–Trinajstić information content (AvgIpc) is 2.91. The second-order valence-electron chi connectivity index (χ2n) is 6.62. The van der Waals surface area contributed by atoms with Crippen molar-refractivity contribution in [3.05, 3.63) is 35.4 Å². The summed E-state index contributed by atoms with van der Waals surface area (Å²) in [5, 5.41) is 3.63. The summed E-state index contributed by atoms with van der Waals surface area (Å²) in [6, 6.07) is 9.48. The largest absolute Gasteiger partial charge is 0.335 e. The number of aryl methyl sites for hydroxylation is 1. The fraction of sp³-hybridized carbons (Fsp3) is 0.611. The van der Waals surface area contributed by atoms with Crippen molar-refractivity contribution in [3.8, 4) is 0 Å². The Labute approximate surface area is 137 Å². The van der Waals surface area contributed by atoms with Crippen LogP contribution in [0.1, 0.15) is 55.4 Å². The van der Waals surface area contributed by atoms with Gasteiger partial charge in [0, 0.05) is 12.1 Å². The number of carbonyl (C=O) groups is 1. The van der Waals surface area contributed by atoms with Crippen molar-refractivity contribution in [2.45, 2.75) is 63.3 Å². The van der Waals surface area contributed by atoms with Crippen LogP contribution in [0, 0.1) is 6.92 Å². The van der Waals surface area contributed by atoms with E-state index in [4.69, 9.17) is 0 Å². The summed E-state index contributed by atoms with van der Waals surface area (Å²) in [4.78, 5) is 14.6. The van der Waals surface area contributed by atoms with Crippen LogP contribution in [0.3, 0.4) is 0 Å². The second kappa shape index (κ2) is 6.95. The molecule has 2 atom stereocenters. The smallest absolute Gasteiger partial charge is 0.318 e. The lowest BCUT2D eigenvalue weighted by atomic mass is 9.96. The van der Waals surface area contributed by atoms with Gasteiger partial charge in [-0.15, -0.1) is 11.8 Å². The van der Waals surface area contributed by atoms with Crippen LogP contribution in [0.5, 0.6) is 0 Å². The van der Waals surface area contributed by atoms with E-state index in [2.05, 4.69) is 43.4 Å². The Hall–Kier alpha value is -1.16. The van der Waals surface area contributed by atoms with Crippen molar-refractivity contribution >= 4 is 17.8 Å². The number of urea groups is 1. The van der Waals surface area contributed by atoms with Crippen LogP contribution in [-0.2, 0) is 0 Å². The number of carbonyl (C=O) groups excluding carboxylic acids is 1. The lowest BCUT2D eigenvalue weighted by molar-refractivity contribution is 0.187. The fourth-order valence-electron chi connectivity index (χ4n) is 3.46. The van der Waals surface area contributed by atoms with E-state index in [0.717, 1.165) is 18.7 Å². The van der Waals surface area contributed by atoms with E-state index in [0.29, 0.717) is 11.3 Å². The quantitative estimate of drug-likeness (QED) is 0.872. The molecule has 3 nitrogen and oxygen atoms in total. The molecular formula is C18H26N2OS. The molecule has 1 heterocycles. The monoisotopic (exact) mass is 318 g/mol. The van der Waals surface area contributed by atoms with Crippen LogP contribution in [0.15, 0.2) is 24.3 Å². The maximum Gasteiger partial charge on any atom is 0.318 e. The molecule has 2 unspecified atom stereocenters. The van der Waals surface area contributed by atoms with E-state index in [1.165, 1.54) is 30.4 Å². The predicted molar refractivity (Wildman–Crippen MR) is 93.1 cm³/mol. The number of rotatable bonds is 2. The van der Waals surface area contributed by atoms with Crippen molar-refractivity contribution in [1.29, 1.82) is 0 Å². The number of hydrogen-bond donors (Lipinski definition) is 1. The van der Waals surface area contributed by atoms with Gasteiger partial charge in [0.1, 0.15) is 0 Å². The third-order valence-electron chi connectivity index (χ3n) is 4.92. The highest BCUT2D eigenvalue weighted by molar-refractivity contribution is 7.99. The zero-order valence-electron chi connectivity index (χ0n) is 13.5. The maximum absolute atomic E-state index is 12.6. The minimum absolute atomic E-state index is 0.126. The lowest BCUT2D eigenvalue weighted by Crippen LogP contribution is -2.47. The molecule has 0 bridgehead atoms. The number of thioether (sulfide) groups is 1. The molecule has 1 saturated heterocycles. The average molecular weight is 318 g/mol. The molecular weight excluding hydrogens is 292 g/mol. The van der Waals surface area contributed by atoms with Gasteiger partial charge in [-0.05, 0) is 32.3 Å². The van der Waals surface area contributed by atoms with Crippen molar-refractivity contribution < 1.29 is 4.79 Å². The first-order valence-electron chi connectivity index (χ1n) is 8.40. The highest BCUT2D eigenvalue weighted by Gasteiger charge is 2.36. The number of nitrogens with one attached hydrogen (secondary N) is 1. The summed E-state index contributed by atoms with van der Waals surface area (Å²) in [6.45, 7) is 4.28. The molecule has 0 spiro atoms. The predicted octanol–water partition coefficient (Wildman–Crippen LogP) is 4.47. The van der Waals surface area contributed by atoms with E-state index in [1.54, 1.807) is 0 Å². The molecule has 120 valence electrons. The van der Waals surface area contributed by atoms with Crippen LogP contribution >= 0.6 is 11.8 Å². The van der Waals surface area contributed by atoms with E-state index in [-0.39, 0.29) is 12.1 Å². The van der Waals surface area contributed by atoms with E-state index in [9.17, 15) is 4.79 Å². The van der Waals surface area contributed by atoms with Gasteiger partial charge >= 0.3 is 6.03 Å². The summed E-state index contributed by atoms with van der Waals surface area (Å²) < 4.78 is 0. The topological polar surface area (TPSA) is 32.3 Å². The van der Waals surface area contributed by atoms with Gasteiger partial charge in [0.25, 0.3) is 0 Å². The molecule has 1 aliphatic heterocycles. The normalized spacial score (nSPS) is 26.2. The highest BCUT2D eigenvalue weighted by atomic mass is 32.2. The zero-order chi connectivity index (χ0) is 15.5. The zero-order valence-corrected chi connectivity index (χ0v) is 14.4. The van der Waals surface area contributed by atoms with Gasteiger partial charge in [0.2, 0.25) is 0 Å². The standard InChI is InChI=1S/C18H26N2OS/c1-13-8-10-15(11-9-13)17-14(2)20(12-22-17)18(21)19-16-6-4-3-5-7-16/h8-11,14,16-17H,3-7,12H2,1-2H3,(H,19,21). The fourth-order valence-corrected chi connectivity index (χ4v) is 4.91. The number of hydrogen-bond acceptors (Lipinski definition) is 2. The minimum atomic E-state index is 0.126. The molecule has 1 N–H and O–H groups in total. The molecule has 3 rings (SSSR count). The molecule has 0 aromatic heterocycles. The van der Waals surface area contributed by atoms with Crippen LogP contribution < -0.4 is 5.32 Å². The van der Waals surface area contributed by atoms with Crippen molar-refractivity contribution in [3.63, 3.8) is 0 Å². The summed E-state index contributed by atoms with van der Waals surface area (Å²) in [5.41, 5.74) is 2.61. The molecule has 1 aromatic rings. The lowest BCUT2D eigenvalue weighted by Gasteiger charge is -2.28. The molecule has 1 aromatic carbocycles. The number of benzene rings is 1. The van der Waals surface area contributed by atoms with Gasteiger partial charge in [-0.2, -0.15) is 0 Å². The Kier molecular flexibility index (Phi) is 4.97.